The van der Waals surface area contributed by atoms with Crippen LogP contribution in [0.1, 0.15) is 57.6 Å². The molecule has 3 N–H and O–H groups in total. The van der Waals surface area contributed by atoms with Gasteiger partial charge in [0.2, 0.25) is 11.8 Å². The van der Waals surface area contributed by atoms with E-state index in [1.54, 1.807) is 18.2 Å². The maximum atomic E-state index is 13.3. The molecule has 0 bridgehead atoms. The summed E-state index contributed by atoms with van der Waals surface area (Å²) in [6.45, 7) is 4.23. The van der Waals surface area contributed by atoms with E-state index in [1.165, 1.54) is 11.0 Å². The molecule has 0 saturated heterocycles. The van der Waals surface area contributed by atoms with Gasteiger partial charge in [-0.25, -0.2) is 4.99 Å². The third kappa shape index (κ3) is 4.65. The zero-order chi connectivity index (χ0) is 24.0. The molecule has 0 aromatic heterocycles. The molecule has 1 fully saturated rings. The van der Waals surface area contributed by atoms with Crippen molar-refractivity contribution in [1.82, 2.24) is 10.2 Å². The summed E-state index contributed by atoms with van der Waals surface area (Å²) < 4.78 is 45.1. The minimum Gasteiger partial charge on any atom is -0.480 e. The summed E-state index contributed by atoms with van der Waals surface area (Å²) in [7, 11) is 0. The lowest BCUT2D eigenvalue weighted by Gasteiger charge is -2.36. The van der Waals surface area contributed by atoms with Crippen LogP contribution in [0.25, 0.3) is 0 Å². The molecule has 0 radical (unpaired) electrons. The number of fused-ring (bicyclic) bond motifs is 1. The van der Waals surface area contributed by atoms with E-state index < -0.39 is 23.9 Å². The number of guanidine groups is 1. The second-order valence-corrected chi connectivity index (χ2v) is 9.17. The first-order valence-electron chi connectivity index (χ1n) is 11.3. The van der Waals surface area contributed by atoms with Gasteiger partial charge in [0.05, 0.1) is 18.0 Å². The highest BCUT2D eigenvalue weighted by Crippen LogP contribution is 2.43. The molecule has 1 aromatic carbocycles. The molecule has 4 rings (SSSR count). The fourth-order valence-electron chi connectivity index (χ4n) is 4.74. The van der Waals surface area contributed by atoms with Crippen LogP contribution in [0.3, 0.4) is 0 Å². The lowest BCUT2D eigenvalue weighted by atomic mass is 9.88. The molecule has 10 heteroatoms. The Morgan fingerprint density at radius 2 is 1.97 bits per heavy atom. The van der Waals surface area contributed by atoms with Gasteiger partial charge < -0.3 is 15.8 Å². The van der Waals surface area contributed by atoms with E-state index in [0.29, 0.717) is 24.8 Å². The number of carbonyl (C=O) groups excluding carboxylic acids is 2. The van der Waals surface area contributed by atoms with Crippen LogP contribution in [0.15, 0.2) is 29.3 Å². The van der Waals surface area contributed by atoms with Crippen molar-refractivity contribution in [3.63, 3.8) is 0 Å². The Balaban J connectivity index is 1.40. The van der Waals surface area contributed by atoms with Crippen molar-refractivity contribution in [2.75, 3.05) is 6.54 Å². The highest BCUT2D eigenvalue weighted by molar-refractivity contribution is 5.99. The number of nitrogens with two attached hydrogens (primary N) is 1. The molecule has 2 aliphatic heterocycles. The molecule has 7 nitrogen and oxygen atoms in total. The molecule has 2 amide bonds. The monoisotopic (exact) mass is 466 g/mol. The Hall–Kier alpha value is -2.78. The molecule has 2 unspecified atom stereocenters. The predicted molar refractivity (Wildman–Crippen MR) is 115 cm³/mol. The highest BCUT2D eigenvalue weighted by Gasteiger charge is 2.49. The molecular weight excluding hydrogens is 437 g/mol. The van der Waals surface area contributed by atoms with Crippen LogP contribution in [-0.4, -0.2) is 47.0 Å². The molecule has 2 heterocycles. The van der Waals surface area contributed by atoms with Crippen molar-refractivity contribution in [2.24, 2.45) is 22.6 Å². The molecule has 4 atom stereocenters. The Bertz CT molecular complexity index is 961. The predicted octanol–water partition coefficient (Wildman–Crippen LogP) is 3.30. The number of ether oxygens (including phenoxy) is 1. The number of para-hydroxylation sites is 1. The Kier molecular flexibility index (Phi) is 6.05. The highest BCUT2D eigenvalue weighted by atomic mass is 19.4. The number of hydrogen-bond donors (Lipinski definition) is 2. The summed E-state index contributed by atoms with van der Waals surface area (Å²) >= 11 is 0. The number of amides is 2. The van der Waals surface area contributed by atoms with Gasteiger partial charge in [0.1, 0.15) is 5.75 Å². The van der Waals surface area contributed by atoms with Crippen LogP contribution in [0.4, 0.5) is 13.2 Å². The van der Waals surface area contributed by atoms with Crippen LogP contribution in [0.2, 0.25) is 0 Å². The SMILES string of the molecule is CCC1(CC)CC(=O)N(C[C@H]2CC2C(=O)N[C@H]2CC(C(F)(F)F)Oc3ccccc32)C(N)=N1. The number of aliphatic imine (C=N–C) groups is 1. The number of hydrogen-bond acceptors (Lipinski definition) is 5. The number of rotatable bonds is 6. The molecule has 3 aliphatic rings. The number of nitrogens with zero attached hydrogens (tertiary/aromatic N) is 2. The normalized spacial score (nSPS) is 28.5. The summed E-state index contributed by atoms with van der Waals surface area (Å²) in [4.78, 5) is 31.6. The molecular formula is C23H29F3N4O3. The van der Waals surface area contributed by atoms with E-state index in [-0.39, 0.29) is 54.7 Å². The van der Waals surface area contributed by atoms with Gasteiger partial charge in [0, 0.05) is 24.4 Å². The van der Waals surface area contributed by atoms with Gasteiger partial charge in [0.25, 0.3) is 0 Å². The second kappa shape index (κ2) is 8.53. The van der Waals surface area contributed by atoms with E-state index in [4.69, 9.17) is 10.5 Å². The number of benzene rings is 1. The van der Waals surface area contributed by atoms with Gasteiger partial charge in [-0.05, 0) is 31.2 Å². The van der Waals surface area contributed by atoms with Crippen LogP contribution in [-0.2, 0) is 9.59 Å². The Labute approximate surface area is 190 Å². The maximum absolute atomic E-state index is 13.3. The summed E-state index contributed by atoms with van der Waals surface area (Å²) in [6.07, 6.45) is -4.65. The van der Waals surface area contributed by atoms with Crippen LogP contribution in [0, 0.1) is 11.8 Å². The van der Waals surface area contributed by atoms with Crippen LogP contribution in [0.5, 0.6) is 5.75 Å². The third-order valence-electron chi connectivity index (χ3n) is 7.10. The third-order valence-corrected chi connectivity index (χ3v) is 7.10. The van der Waals surface area contributed by atoms with Crippen molar-refractivity contribution in [1.29, 1.82) is 0 Å². The summed E-state index contributed by atoms with van der Waals surface area (Å²) in [6, 6.07) is 5.64. The van der Waals surface area contributed by atoms with Gasteiger partial charge >= 0.3 is 6.18 Å². The van der Waals surface area contributed by atoms with Gasteiger partial charge in [-0.15, -0.1) is 0 Å². The molecule has 180 valence electrons. The van der Waals surface area contributed by atoms with E-state index in [2.05, 4.69) is 10.3 Å². The minimum atomic E-state index is -4.53. The van der Waals surface area contributed by atoms with Crippen molar-refractivity contribution in [3.05, 3.63) is 29.8 Å². The Morgan fingerprint density at radius 3 is 2.61 bits per heavy atom. The fourth-order valence-corrected chi connectivity index (χ4v) is 4.74. The van der Waals surface area contributed by atoms with E-state index in [9.17, 15) is 22.8 Å². The zero-order valence-corrected chi connectivity index (χ0v) is 18.7. The lowest BCUT2D eigenvalue weighted by molar-refractivity contribution is -0.201. The minimum absolute atomic E-state index is 0.105. The summed E-state index contributed by atoms with van der Waals surface area (Å²) in [5.41, 5.74) is 6.15. The zero-order valence-electron chi connectivity index (χ0n) is 18.7. The quantitative estimate of drug-likeness (QED) is 0.672. The first kappa shape index (κ1) is 23.4. The lowest BCUT2D eigenvalue weighted by Crippen LogP contribution is -2.52. The van der Waals surface area contributed by atoms with Crippen molar-refractivity contribution >= 4 is 17.8 Å². The van der Waals surface area contributed by atoms with E-state index in [1.807, 2.05) is 13.8 Å². The number of nitrogens with one attached hydrogen (secondary N) is 1. The number of halogens is 3. The fraction of sp³-hybridized carbons (Fsp3) is 0.609. The average Bonchev–Trinajstić information content (AvgIpc) is 3.55. The Morgan fingerprint density at radius 1 is 1.27 bits per heavy atom. The summed E-state index contributed by atoms with van der Waals surface area (Å²) in [5, 5.41) is 2.78. The smallest absolute Gasteiger partial charge is 0.425 e. The molecule has 1 saturated carbocycles. The van der Waals surface area contributed by atoms with Crippen LogP contribution >= 0.6 is 0 Å². The van der Waals surface area contributed by atoms with E-state index in [0.717, 1.165) is 0 Å². The van der Waals surface area contributed by atoms with Crippen molar-refractivity contribution in [2.45, 2.75) is 69.8 Å². The molecule has 1 aliphatic carbocycles. The van der Waals surface area contributed by atoms with Crippen LogP contribution < -0.4 is 15.8 Å². The van der Waals surface area contributed by atoms with Gasteiger partial charge in [-0.2, -0.15) is 13.2 Å². The van der Waals surface area contributed by atoms with E-state index >= 15 is 0 Å². The number of carbonyl (C=O) groups is 2. The van der Waals surface area contributed by atoms with Gasteiger partial charge in [0.15, 0.2) is 12.1 Å². The van der Waals surface area contributed by atoms with Crippen molar-refractivity contribution < 1.29 is 27.5 Å². The first-order valence-corrected chi connectivity index (χ1v) is 11.3. The first-order chi connectivity index (χ1) is 15.6. The summed E-state index contributed by atoms with van der Waals surface area (Å²) in [5.74, 6) is -0.613. The maximum Gasteiger partial charge on any atom is 0.425 e. The van der Waals surface area contributed by atoms with Gasteiger partial charge in [-0.1, -0.05) is 32.0 Å². The standard InChI is InChI=1S/C23H29F3N4O3/c1-3-22(4-2)11-19(31)30(21(27)29-22)12-13-9-15(13)20(32)28-16-10-18(23(24,25)26)33-17-8-6-5-7-14(16)17/h5-8,13,15-16,18H,3-4,9-12H2,1-2H3,(H2,27,29)(H,28,32)/t13-,15?,16+,18?/m1/s1. The number of alkyl halides is 3. The second-order valence-electron chi connectivity index (χ2n) is 9.17. The average molecular weight is 467 g/mol. The largest absolute Gasteiger partial charge is 0.480 e. The molecule has 1 aromatic rings. The molecule has 0 spiro atoms. The van der Waals surface area contributed by atoms with Crippen molar-refractivity contribution in [3.8, 4) is 5.75 Å². The topological polar surface area (TPSA) is 97.0 Å². The van der Waals surface area contributed by atoms with Gasteiger partial charge in [-0.3, -0.25) is 14.5 Å². The molecule has 33 heavy (non-hydrogen) atoms.